The second-order valence-electron chi connectivity index (χ2n) is 3.37. The molecule has 0 spiro atoms. The first kappa shape index (κ1) is 14.7. The highest BCUT2D eigenvalue weighted by atomic mass is 79.9. The average molecular weight is 324 g/mol. The van der Waals surface area contributed by atoms with Crippen molar-refractivity contribution in [3.63, 3.8) is 0 Å². The molecule has 1 heterocycles. The zero-order valence-corrected chi connectivity index (χ0v) is 12.1. The Hall–Kier alpha value is -0.360. The number of pyridine rings is 1. The largest absolute Gasteiger partial charge is 0.382 e. The molecular formula is C11H16BrClN2O2. The standard InChI is InChI=1S/C11H16BrClN2O2/c1-16-5-6-17-4-2-3-14-11-10(13)7-9(12)8-15-11/h7-8H,2-6H2,1H3,(H,14,15). The van der Waals surface area contributed by atoms with Crippen LogP contribution in [0.25, 0.3) is 0 Å². The quantitative estimate of drug-likeness (QED) is 0.747. The van der Waals surface area contributed by atoms with Gasteiger partial charge in [-0.15, -0.1) is 0 Å². The van der Waals surface area contributed by atoms with Gasteiger partial charge >= 0.3 is 0 Å². The number of halogens is 2. The van der Waals surface area contributed by atoms with E-state index in [4.69, 9.17) is 21.1 Å². The minimum absolute atomic E-state index is 0.611. The van der Waals surface area contributed by atoms with E-state index in [1.165, 1.54) is 0 Å². The number of nitrogens with zero attached hydrogens (tertiary/aromatic N) is 1. The van der Waals surface area contributed by atoms with Gasteiger partial charge in [0.15, 0.2) is 0 Å². The Kier molecular flexibility index (Phi) is 7.51. The van der Waals surface area contributed by atoms with E-state index in [1.54, 1.807) is 13.3 Å². The summed E-state index contributed by atoms with van der Waals surface area (Å²) < 4.78 is 11.1. The minimum atomic E-state index is 0.611. The molecule has 0 aliphatic rings. The van der Waals surface area contributed by atoms with Crippen LogP contribution in [0.1, 0.15) is 6.42 Å². The first-order valence-corrected chi connectivity index (χ1v) is 6.52. The fourth-order valence-electron chi connectivity index (χ4n) is 1.17. The fourth-order valence-corrected chi connectivity index (χ4v) is 1.87. The summed E-state index contributed by atoms with van der Waals surface area (Å²) in [6.07, 6.45) is 2.61. The second-order valence-corrected chi connectivity index (χ2v) is 4.69. The third kappa shape index (κ3) is 6.21. The SMILES string of the molecule is COCCOCCCNc1ncc(Br)cc1Cl. The van der Waals surface area contributed by atoms with Crippen molar-refractivity contribution in [3.8, 4) is 0 Å². The van der Waals surface area contributed by atoms with Crippen LogP contribution < -0.4 is 5.32 Å². The van der Waals surface area contributed by atoms with Crippen molar-refractivity contribution in [1.82, 2.24) is 4.98 Å². The number of hydrogen-bond donors (Lipinski definition) is 1. The molecule has 96 valence electrons. The molecule has 0 aliphatic carbocycles. The predicted molar refractivity (Wildman–Crippen MR) is 72.7 cm³/mol. The number of nitrogens with one attached hydrogen (secondary N) is 1. The van der Waals surface area contributed by atoms with E-state index in [1.807, 2.05) is 6.07 Å². The van der Waals surface area contributed by atoms with E-state index in [2.05, 4.69) is 26.2 Å². The molecule has 0 saturated carbocycles. The van der Waals surface area contributed by atoms with Gasteiger partial charge in [-0.25, -0.2) is 4.98 Å². The van der Waals surface area contributed by atoms with E-state index in [0.717, 1.165) is 17.4 Å². The lowest BCUT2D eigenvalue weighted by molar-refractivity contribution is 0.0705. The van der Waals surface area contributed by atoms with Gasteiger partial charge in [-0.1, -0.05) is 11.6 Å². The van der Waals surface area contributed by atoms with Crippen LogP contribution in [-0.4, -0.2) is 38.5 Å². The Labute approximate surface area is 115 Å². The zero-order chi connectivity index (χ0) is 12.5. The van der Waals surface area contributed by atoms with Gasteiger partial charge in [0.25, 0.3) is 0 Å². The molecule has 1 aromatic rings. The maximum atomic E-state index is 6.01. The molecule has 4 nitrogen and oxygen atoms in total. The molecule has 0 amide bonds. The molecule has 0 saturated heterocycles. The summed E-state index contributed by atoms with van der Waals surface area (Å²) in [6, 6.07) is 1.81. The van der Waals surface area contributed by atoms with Crippen LogP contribution in [0.5, 0.6) is 0 Å². The highest BCUT2D eigenvalue weighted by Gasteiger charge is 2.01. The molecule has 1 aromatic heterocycles. The Morgan fingerprint density at radius 1 is 1.41 bits per heavy atom. The third-order valence-electron chi connectivity index (χ3n) is 2.00. The van der Waals surface area contributed by atoms with Crippen molar-refractivity contribution in [2.75, 3.05) is 38.8 Å². The topological polar surface area (TPSA) is 43.4 Å². The summed E-state index contributed by atoms with van der Waals surface area (Å²) in [6.45, 7) is 2.74. The molecule has 0 aromatic carbocycles. The lowest BCUT2D eigenvalue weighted by Crippen LogP contribution is -2.09. The Balaban J connectivity index is 2.14. The first-order chi connectivity index (χ1) is 8.24. The van der Waals surface area contributed by atoms with E-state index in [-0.39, 0.29) is 0 Å². The van der Waals surface area contributed by atoms with Crippen molar-refractivity contribution >= 4 is 33.3 Å². The van der Waals surface area contributed by atoms with Gasteiger partial charge in [-0.3, -0.25) is 0 Å². The predicted octanol–water partition coefficient (Wildman–Crippen LogP) is 2.96. The van der Waals surface area contributed by atoms with Gasteiger partial charge in [0, 0.05) is 30.9 Å². The second kappa shape index (κ2) is 8.69. The smallest absolute Gasteiger partial charge is 0.144 e. The highest BCUT2D eigenvalue weighted by Crippen LogP contribution is 2.22. The number of rotatable bonds is 8. The molecule has 6 heteroatoms. The van der Waals surface area contributed by atoms with Crippen LogP contribution in [0.2, 0.25) is 5.02 Å². The average Bonchev–Trinajstić information content (AvgIpc) is 2.30. The monoisotopic (exact) mass is 322 g/mol. The van der Waals surface area contributed by atoms with Gasteiger partial charge in [0.1, 0.15) is 5.82 Å². The molecule has 0 bridgehead atoms. The molecule has 0 radical (unpaired) electrons. The number of hydrogen-bond acceptors (Lipinski definition) is 4. The van der Waals surface area contributed by atoms with Crippen molar-refractivity contribution < 1.29 is 9.47 Å². The Bertz CT molecular complexity index is 339. The summed E-state index contributed by atoms with van der Waals surface area (Å²) in [5.41, 5.74) is 0. The molecule has 17 heavy (non-hydrogen) atoms. The third-order valence-corrected chi connectivity index (χ3v) is 2.72. The lowest BCUT2D eigenvalue weighted by Gasteiger charge is -2.07. The zero-order valence-electron chi connectivity index (χ0n) is 9.71. The molecule has 0 fully saturated rings. The summed E-state index contributed by atoms with van der Waals surface area (Å²) in [4.78, 5) is 4.17. The Morgan fingerprint density at radius 3 is 2.94 bits per heavy atom. The summed E-state index contributed by atoms with van der Waals surface area (Å²) >= 11 is 9.31. The van der Waals surface area contributed by atoms with Gasteiger partial charge < -0.3 is 14.8 Å². The summed E-state index contributed by atoms with van der Waals surface area (Å²) in [5, 5.41) is 3.77. The van der Waals surface area contributed by atoms with Crippen LogP contribution in [0.15, 0.2) is 16.7 Å². The van der Waals surface area contributed by atoms with Crippen LogP contribution >= 0.6 is 27.5 Å². The van der Waals surface area contributed by atoms with Crippen LogP contribution in [0.4, 0.5) is 5.82 Å². The van der Waals surface area contributed by atoms with E-state index >= 15 is 0 Å². The molecule has 0 atom stereocenters. The number of anilines is 1. The molecular weight excluding hydrogens is 307 g/mol. The number of ether oxygens (including phenoxy) is 2. The van der Waals surface area contributed by atoms with Gasteiger partial charge in [0.2, 0.25) is 0 Å². The highest BCUT2D eigenvalue weighted by molar-refractivity contribution is 9.10. The van der Waals surface area contributed by atoms with Crippen LogP contribution in [0.3, 0.4) is 0 Å². The molecule has 0 aliphatic heterocycles. The maximum absolute atomic E-state index is 6.01. The van der Waals surface area contributed by atoms with Crippen molar-refractivity contribution in [2.45, 2.75) is 6.42 Å². The number of methoxy groups -OCH3 is 1. The lowest BCUT2D eigenvalue weighted by atomic mass is 10.4. The maximum Gasteiger partial charge on any atom is 0.144 e. The van der Waals surface area contributed by atoms with Crippen molar-refractivity contribution in [1.29, 1.82) is 0 Å². The molecule has 0 unspecified atom stereocenters. The summed E-state index contributed by atoms with van der Waals surface area (Å²) in [7, 11) is 1.66. The normalized spacial score (nSPS) is 10.5. The van der Waals surface area contributed by atoms with E-state index in [9.17, 15) is 0 Å². The van der Waals surface area contributed by atoms with E-state index in [0.29, 0.717) is 30.7 Å². The van der Waals surface area contributed by atoms with Crippen molar-refractivity contribution in [2.24, 2.45) is 0 Å². The van der Waals surface area contributed by atoms with Gasteiger partial charge in [0.05, 0.1) is 18.2 Å². The fraction of sp³-hybridized carbons (Fsp3) is 0.545. The molecule has 1 N–H and O–H groups in total. The van der Waals surface area contributed by atoms with E-state index < -0.39 is 0 Å². The van der Waals surface area contributed by atoms with Crippen LogP contribution in [0, 0.1) is 0 Å². The summed E-state index contributed by atoms with van der Waals surface area (Å²) in [5.74, 6) is 0.701. The minimum Gasteiger partial charge on any atom is -0.382 e. The van der Waals surface area contributed by atoms with Gasteiger partial charge in [-0.2, -0.15) is 0 Å². The Morgan fingerprint density at radius 2 is 2.24 bits per heavy atom. The number of aromatic nitrogens is 1. The molecule has 1 rings (SSSR count). The first-order valence-electron chi connectivity index (χ1n) is 5.35. The van der Waals surface area contributed by atoms with Gasteiger partial charge in [-0.05, 0) is 28.4 Å². The van der Waals surface area contributed by atoms with Crippen molar-refractivity contribution in [3.05, 3.63) is 21.8 Å². The van der Waals surface area contributed by atoms with Crippen LogP contribution in [-0.2, 0) is 9.47 Å².